The number of aromatic nitrogens is 2. The van der Waals surface area contributed by atoms with Gasteiger partial charge in [-0.2, -0.15) is 0 Å². The molecule has 2 heterocycles. The number of nitrogens with two attached hydrogens (primary N) is 2. The van der Waals surface area contributed by atoms with Crippen molar-refractivity contribution in [3.8, 4) is 0 Å². The van der Waals surface area contributed by atoms with E-state index in [9.17, 15) is 4.79 Å². The Morgan fingerprint density at radius 2 is 2.21 bits per heavy atom. The Hall–Kier alpha value is -2.12. The largest absolute Gasteiger partial charge is 0.397 e. The van der Waals surface area contributed by atoms with Crippen LogP contribution in [-0.2, 0) is 5.75 Å². The minimum atomic E-state index is -0.407. The van der Waals surface area contributed by atoms with Gasteiger partial charge in [-0.25, -0.2) is 10.8 Å². The number of nitrogen functional groups attached to an aromatic ring is 2. The molecule has 0 unspecified atom stereocenters. The smallest absolute Gasteiger partial charge is 0.283 e. The average molecular weight is 275 g/mol. The van der Waals surface area contributed by atoms with Gasteiger partial charge in [-0.15, -0.1) is 11.8 Å². The fourth-order valence-electron chi connectivity index (χ4n) is 1.44. The molecule has 0 saturated carbocycles. The number of pyridine rings is 2. The lowest BCUT2D eigenvalue weighted by Gasteiger charge is -2.05. The number of thioether (sulfide) groups is 1. The highest BCUT2D eigenvalue weighted by molar-refractivity contribution is 7.98. The van der Waals surface area contributed by atoms with Crippen LogP contribution < -0.4 is 17.0 Å². The number of hydrazine groups is 1. The van der Waals surface area contributed by atoms with Crippen LogP contribution in [0.1, 0.15) is 16.2 Å². The summed E-state index contributed by atoms with van der Waals surface area (Å²) < 4.78 is 0. The van der Waals surface area contributed by atoms with Gasteiger partial charge in [-0.3, -0.25) is 15.2 Å². The van der Waals surface area contributed by atoms with Crippen LogP contribution in [0.2, 0.25) is 0 Å². The highest BCUT2D eigenvalue weighted by Gasteiger charge is 2.07. The van der Waals surface area contributed by atoms with Crippen molar-refractivity contribution < 1.29 is 4.79 Å². The molecule has 0 radical (unpaired) electrons. The lowest BCUT2D eigenvalue weighted by molar-refractivity contribution is 0.0948. The van der Waals surface area contributed by atoms with Crippen molar-refractivity contribution in [2.75, 3.05) is 5.73 Å². The lowest BCUT2D eigenvalue weighted by atomic mass is 10.3. The molecular weight excluding hydrogens is 262 g/mol. The summed E-state index contributed by atoms with van der Waals surface area (Å²) >= 11 is 1.54. The molecule has 0 fully saturated rings. The molecule has 0 aliphatic heterocycles. The molecule has 0 aliphatic rings. The Morgan fingerprint density at radius 1 is 1.37 bits per heavy atom. The Labute approximate surface area is 114 Å². The molecule has 2 rings (SSSR count). The maximum Gasteiger partial charge on any atom is 0.283 e. The van der Waals surface area contributed by atoms with E-state index in [0.717, 1.165) is 10.6 Å². The van der Waals surface area contributed by atoms with Gasteiger partial charge < -0.3 is 5.73 Å². The highest BCUT2D eigenvalue weighted by atomic mass is 32.2. The van der Waals surface area contributed by atoms with Crippen LogP contribution in [0.4, 0.5) is 5.69 Å². The normalized spacial score (nSPS) is 10.2. The first-order valence-electron chi connectivity index (χ1n) is 5.50. The Morgan fingerprint density at radius 3 is 2.95 bits per heavy atom. The van der Waals surface area contributed by atoms with E-state index in [1.54, 1.807) is 24.5 Å². The van der Waals surface area contributed by atoms with Crippen LogP contribution in [-0.4, -0.2) is 15.9 Å². The predicted molar refractivity (Wildman–Crippen MR) is 74.1 cm³/mol. The van der Waals surface area contributed by atoms with Crippen molar-refractivity contribution in [1.82, 2.24) is 15.4 Å². The van der Waals surface area contributed by atoms with Crippen LogP contribution in [0.15, 0.2) is 41.6 Å². The maximum atomic E-state index is 11.4. The number of nitrogens with zero attached hydrogens (tertiary/aromatic N) is 2. The average Bonchev–Trinajstić information content (AvgIpc) is 2.46. The minimum Gasteiger partial charge on any atom is -0.397 e. The Balaban J connectivity index is 2.08. The summed E-state index contributed by atoms with van der Waals surface area (Å²) in [7, 11) is 0. The number of carbonyl (C=O) groups excluding carboxylic acids is 1. The van der Waals surface area contributed by atoms with Crippen molar-refractivity contribution in [2.45, 2.75) is 10.6 Å². The third kappa shape index (κ3) is 3.43. The Kier molecular flexibility index (Phi) is 4.32. The van der Waals surface area contributed by atoms with Gasteiger partial charge in [0.1, 0.15) is 5.69 Å². The van der Waals surface area contributed by atoms with Crippen molar-refractivity contribution in [3.63, 3.8) is 0 Å². The van der Waals surface area contributed by atoms with Gasteiger partial charge in [0, 0.05) is 16.8 Å². The van der Waals surface area contributed by atoms with Crippen LogP contribution in [0.25, 0.3) is 0 Å². The van der Waals surface area contributed by atoms with E-state index in [2.05, 4.69) is 15.4 Å². The summed E-state index contributed by atoms with van der Waals surface area (Å²) in [5, 5.41) is 0. The molecular formula is C12H13N5OS. The predicted octanol–water partition coefficient (Wildman–Crippen LogP) is 0.955. The topological polar surface area (TPSA) is 107 Å². The minimum absolute atomic E-state index is 0.295. The number of carbonyl (C=O) groups is 1. The first-order chi connectivity index (χ1) is 9.20. The van der Waals surface area contributed by atoms with E-state index < -0.39 is 5.91 Å². The summed E-state index contributed by atoms with van der Waals surface area (Å²) in [4.78, 5) is 20.4. The molecule has 2 aromatic rings. The third-order valence-corrected chi connectivity index (χ3v) is 3.48. The number of hydrogen-bond acceptors (Lipinski definition) is 6. The summed E-state index contributed by atoms with van der Waals surface area (Å²) in [6.45, 7) is 0. The summed E-state index contributed by atoms with van der Waals surface area (Å²) in [6.07, 6.45) is 3.29. The zero-order chi connectivity index (χ0) is 13.7. The second kappa shape index (κ2) is 6.17. The number of rotatable bonds is 4. The molecule has 0 saturated heterocycles. The van der Waals surface area contributed by atoms with E-state index in [0.29, 0.717) is 17.1 Å². The van der Waals surface area contributed by atoms with Crippen LogP contribution in [0.3, 0.4) is 0 Å². The zero-order valence-electron chi connectivity index (χ0n) is 10.0. The van der Waals surface area contributed by atoms with E-state index >= 15 is 0 Å². The molecule has 0 bridgehead atoms. The number of nitrogens with one attached hydrogen (secondary N) is 1. The first kappa shape index (κ1) is 13.3. The number of hydrogen-bond donors (Lipinski definition) is 3. The standard InChI is InChI=1S/C12H13N5OS/c13-9-6-15-5-4-11(9)19-7-8-2-1-3-10(16-8)12(18)17-14/h1-6H,7,13-14H2,(H,17,18). The summed E-state index contributed by atoms with van der Waals surface area (Å²) in [5.74, 6) is 5.27. The van der Waals surface area contributed by atoms with E-state index in [4.69, 9.17) is 11.6 Å². The molecule has 2 aromatic heterocycles. The summed E-state index contributed by atoms with van der Waals surface area (Å²) in [5.41, 5.74) is 9.56. The molecule has 5 N–H and O–H groups in total. The van der Waals surface area contributed by atoms with Crippen molar-refractivity contribution in [2.24, 2.45) is 5.84 Å². The number of anilines is 1. The molecule has 7 heteroatoms. The molecule has 0 spiro atoms. The molecule has 1 amide bonds. The van der Waals surface area contributed by atoms with E-state index in [-0.39, 0.29) is 0 Å². The fraction of sp³-hybridized carbons (Fsp3) is 0.0833. The van der Waals surface area contributed by atoms with Crippen LogP contribution in [0, 0.1) is 0 Å². The molecule has 19 heavy (non-hydrogen) atoms. The van der Waals surface area contributed by atoms with Gasteiger partial charge >= 0.3 is 0 Å². The zero-order valence-corrected chi connectivity index (χ0v) is 10.9. The lowest BCUT2D eigenvalue weighted by Crippen LogP contribution is -2.30. The molecule has 98 valence electrons. The summed E-state index contributed by atoms with van der Waals surface area (Å²) in [6, 6.07) is 7.06. The maximum absolute atomic E-state index is 11.4. The van der Waals surface area contributed by atoms with Gasteiger partial charge in [0.2, 0.25) is 0 Å². The fourth-order valence-corrected chi connectivity index (χ4v) is 2.28. The van der Waals surface area contributed by atoms with Gasteiger partial charge in [-0.1, -0.05) is 6.07 Å². The van der Waals surface area contributed by atoms with Gasteiger partial charge in [0.15, 0.2) is 0 Å². The third-order valence-electron chi connectivity index (χ3n) is 2.36. The van der Waals surface area contributed by atoms with Gasteiger partial charge in [0.25, 0.3) is 5.91 Å². The molecule has 0 aromatic carbocycles. The quantitative estimate of drug-likeness (QED) is 0.332. The molecule has 0 aliphatic carbocycles. The van der Waals surface area contributed by atoms with E-state index in [1.807, 2.05) is 12.1 Å². The van der Waals surface area contributed by atoms with Crippen molar-refractivity contribution in [3.05, 3.63) is 48.0 Å². The molecule has 0 atom stereocenters. The van der Waals surface area contributed by atoms with Gasteiger partial charge in [-0.05, 0) is 18.2 Å². The molecule has 6 nitrogen and oxygen atoms in total. The highest BCUT2D eigenvalue weighted by Crippen LogP contribution is 2.26. The monoisotopic (exact) mass is 275 g/mol. The number of amides is 1. The SMILES string of the molecule is NNC(=O)c1cccc(CSc2ccncc2N)n1. The van der Waals surface area contributed by atoms with Crippen molar-refractivity contribution >= 4 is 23.4 Å². The second-order valence-corrected chi connectivity index (χ2v) is 4.71. The van der Waals surface area contributed by atoms with Crippen molar-refractivity contribution in [1.29, 1.82) is 0 Å². The van der Waals surface area contributed by atoms with Crippen LogP contribution >= 0.6 is 11.8 Å². The Bertz CT molecular complexity index is 590. The van der Waals surface area contributed by atoms with Gasteiger partial charge in [0.05, 0.1) is 17.6 Å². The van der Waals surface area contributed by atoms with E-state index in [1.165, 1.54) is 11.8 Å². The van der Waals surface area contributed by atoms with Crippen LogP contribution in [0.5, 0.6) is 0 Å². The second-order valence-electron chi connectivity index (χ2n) is 3.69. The first-order valence-corrected chi connectivity index (χ1v) is 6.48.